The Morgan fingerprint density at radius 2 is 1.77 bits per heavy atom. The van der Waals surface area contributed by atoms with Crippen LogP contribution in [0.25, 0.3) is 0 Å². The molecule has 1 heterocycles. The van der Waals surface area contributed by atoms with Crippen molar-refractivity contribution < 1.29 is 23.5 Å². The number of ether oxygens (including phenoxy) is 2. The monoisotopic (exact) mass is 599 g/mol. The summed E-state index contributed by atoms with van der Waals surface area (Å²) in [5, 5.41) is 3.70. The van der Waals surface area contributed by atoms with Crippen molar-refractivity contribution in [3.63, 3.8) is 0 Å². The van der Waals surface area contributed by atoms with Crippen molar-refractivity contribution in [2.24, 2.45) is 5.41 Å². The van der Waals surface area contributed by atoms with Crippen molar-refractivity contribution >= 4 is 43.9 Å². The summed E-state index contributed by atoms with van der Waals surface area (Å²) in [6, 6.07) is 0. The van der Waals surface area contributed by atoms with Gasteiger partial charge in [-0.2, -0.15) is 0 Å². The molecule has 1 aliphatic rings. The fourth-order valence-corrected chi connectivity index (χ4v) is 6.83. The molecule has 1 amide bonds. The zero-order chi connectivity index (χ0) is 29.5. The van der Waals surface area contributed by atoms with Gasteiger partial charge in [0.25, 0.3) is 0 Å². The SMILES string of the molecule is CCOC(=O)CSc1cnc(SC)nc1C(O[Si](C)(C)C(C)(C)C)C1(CNC(=O)OC(C)(C)C)CCCCC1. The van der Waals surface area contributed by atoms with E-state index in [1.165, 1.54) is 23.5 Å². The van der Waals surface area contributed by atoms with E-state index in [0.717, 1.165) is 42.7 Å². The molecular weight excluding hydrogens is 551 g/mol. The summed E-state index contributed by atoms with van der Waals surface area (Å²) in [6.07, 6.45) is 7.96. The number of alkyl carbamates (subject to hydrolysis) is 1. The molecule has 0 spiro atoms. The van der Waals surface area contributed by atoms with Crippen LogP contribution >= 0.6 is 23.5 Å². The lowest BCUT2D eigenvalue weighted by Crippen LogP contribution is -2.50. The molecular formula is C28H49N3O5S2Si. The Kier molecular flexibility index (Phi) is 12.2. The Balaban J connectivity index is 2.62. The third-order valence-electron chi connectivity index (χ3n) is 7.45. The van der Waals surface area contributed by atoms with E-state index in [9.17, 15) is 9.59 Å². The Labute approximate surface area is 245 Å². The highest BCUT2D eigenvalue weighted by Crippen LogP contribution is 2.52. The standard InChI is InChI=1S/C28H49N3O5S2Si/c1-11-34-21(32)18-38-20-17-29-24(37-8)31-22(20)23(36-39(9,10)27(5,6)7)28(15-13-12-14-16-28)19-30-25(33)35-26(2,3)4/h17,23H,11-16,18-19H2,1-10H3,(H,30,33). The van der Waals surface area contributed by atoms with Crippen LogP contribution in [0.2, 0.25) is 18.1 Å². The number of aromatic nitrogens is 2. The van der Waals surface area contributed by atoms with Crippen molar-refractivity contribution in [1.29, 1.82) is 0 Å². The van der Waals surface area contributed by atoms with E-state index < -0.39 is 20.0 Å². The van der Waals surface area contributed by atoms with Crippen LogP contribution in [0.1, 0.15) is 92.4 Å². The van der Waals surface area contributed by atoms with E-state index >= 15 is 0 Å². The summed E-state index contributed by atoms with van der Waals surface area (Å²) >= 11 is 2.86. The number of esters is 1. The van der Waals surface area contributed by atoms with E-state index in [1.807, 2.05) is 27.0 Å². The quantitative estimate of drug-likeness (QED) is 0.121. The van der Waals surface area contributed by atoms with Gasteiger partial charge in [0.15, 0.2) is 13.5 Å². The molecule has 0 bridgehead atoms. The third kappa shape index (κ3) is 9.93. The molecule has 1 fully saturated rings. The fraction of sp³-hybridized carbons (Fsp3) is 0.786. The number of carbonyl (C=O) groups is 2. The van der Waals surface area contributed by atoms with Crippen LogP contribution in [0.15, 0.2) is 16.2 Å². The highest BCUT2D eigenvalue weighted by Gasteiger charge is 2.49. The minimum Gasteiger partial charge on any atom is -0.465 e. The van der Waals surface area contributed by atoms with Gasteiger partial charge in [-0.05, 0) is 64.9 Å². The van der Waals surface area contributed by atoms with Crippen LogP contribution in [-0.4, -0.2) is 61.1 Å². The lowest BCUT2D eigenvalue weighted by atomic mass is 9.69. The Bertz CT molecular complexity index is 973. The number of hydrogen-bond donors (Lipinski definition) is 1. The van der Waals surface area contributed by atoms with Crippen LogP contribution in [0.5, 0.6) is 0 Å². The van der Waals surface area contributed by atoms with E-state index in [4.69, 9.17) is 18.9 Å². The van der Waals surface area contributed by atoms with Gasteiger partial charge in [-0.1, -0.05) is 51.8 Å². The van der Waals surface area contributed by atoms with Crippen molar-refractivity contribution in [3.8, 4) is 0 Å². The van der Waals surface area contributed by atoms with E-state index in [1.54, 1.807) is 13.1 Å². The van der Waals surface area contributed by atoms with Gasteiger partial charge < -0.3 is 19.2 Å². The molecule has 1 aromatic heterocycles. The van der Waals surface area contributed by atoms with E-state index in [2.05, 4.69) is 44.2 Å². The molecule has 11 heteroatoms. The number of nitrogens with one attached hydrogen (secondary N) is 1. The smallest absolute Gasteiger partial charge is 0.407 e. The lowest BCUT2D eigenvalue weighted by Gasteiger charge is -2.48. The number of thioether (sulfide) groups is 2. The number of hydrogen-bond acceptors (Lipinski definition) is 9. The first-order chi connectivity index (χ1) is 18.0. The Morgan fingerprint density at radius 3 is 2.31 bits per heavy atom. The molecule has 222 valence electrons. The largest absolute Gasteiger partial charge is 0.465 e. The van der Waals surface area contributed by atoms with Crippen LogP contribution < -0.4 is 5.32 Å². The van der Waals surface area contributed by atoms with Crippen molar-refractivity contribution in [3.05, 3.63) is 11.9 Å². The summed E-state index contributed by atoms with van der Waals surface area (Å²) in [4.78, 5) is 35.4. The lowest BCUT2D eigenvalue weighted by molar-refractivity contribution is -0.139. The average molecular weight is 600 g/mol. The summed E-state index contributed by atoms with van der Waals surface area (Å²) in [5.41, 5.74) is -0.174. The maximum absolute atomic E-state index is 12.8. The second-order valence-electron chi connectivity index (χ2n) is 12.7. The first kappa shape index (κ1) is 33.9. The zero-order valence-corrected chi connectivity index (χ0v) is 28.2. The molecule has 1 aromatic rings. The van der Waals surface area contributed by atoms with Crippen molar-refractivity contribution in [2.75, 3.05) is 25.2 Å². The molecule has 2 rings (SSSR count). The number of rotatable bonds is 11. The summed E-state index contributed by atoms with van der Waals surface area (Å²) in [7, 11) is -2.30. The normalized spacial score (nSPS) is 16.9. The Hall–Kier alpha value is -1.30. The van der Waals surface area contributed by atoms with Crippen LogP contribution in [0, 0.1) is 5.41 Å². The van der Waals surface area contributed by atoms with Gasteiger partial charge in [0.1, 0.15) is 5.60 Å². The van der Waals surface area contributed by atoms with Gasteiger partial charge in [-0.15, -0.1) is 11.8 Å². The maximum atomic E-state index is 12.8. The topological polar surface area (TPSA) is 99.6 Å². The second-order valence-corrected chi connectivity index (χ2v) is 19.3. The predicted octanol–water partition coefficient (Wildman–Crippen LogP) is 7.39. The molecule has 1 unspecified atom stereocenters. The molecule has 1 aliphatic carbocycles. The van der Waals surface area contributed by atoms with Gasteiger partial charge in [0.2, 0.25) is 0 Å². The molecule has 0 saturated heterocycles. The molecule has 8 nitrogen and oxygen atoms in total. The van der Waals surface area contributed by atoms with E-state index in [0.29, 0.717) is 18.3 Å². The molecule has 1 atom stereocenters. The minimum absolute atomic E-state index is 0.0344. The summed E-state index contributed by atoms with van der Waals surface area (Å²) in [5.74, 6) is -0.109. The van der Waals surface area contributed by atoms with Crippen LogP contribution in [0.3, 0.4) is 0 Å². The second kappa shape index (κ2) is 14.0. The highest BCUT2D eigenvalue weighted by molar-refractivity contribution is 8.00. The summed E-state index contributed by atoms with van der Waals surface area (Å²) in [6.45, 7) is 19.3. The number of carbonyl (C=O) groups excluding carboxylic acids is 2. The molecule has 0 radical (unpaired) electrons. The van der Waals surface area contributed by atoms with Gasteiger partial charge >= 0.3 is 12.1 Å². The Morgan fingerprint density at radius 1 is 1.13 bits per heavy atom. The van der Waals surface area contributed by atoms with Crippen molar-refractivity contribution in [2.45, 2.75) is 120 Å². The average Bonchev–Trinajstić information content (AvgIpc) is 2.84. The van der Waals surface area contributed by atoms with Crippen LogP contribution in [0.4, 0.5) is 4.79 Å². The van der Waals surface area contributed by atoms with Gasteiger partial charge in [0, 0.05) is 18.2 Å². The molecule has 0 aliphatic heterocycles. The maximum Gasteiger partial charge on any atom is 0.407 e. The molecule has 1 saturated carbocycles. The third-order valence-corrected chi connectivity index (χ3v) is 13.5. The predicted molar refractivity (Wildman–Crippen MR) is 162 cm³/mol. The molecule has 39 heavy (non-hydrogen) atoms. The van der Waals surface area contributed by atoms with E-state index in [-0.39, 0.29) is 28.3 Å². The summed E-state index contributed by atoms with van der Waals surface area (Å²) < 4.78 is 18.1. The molecule has 0 aromatic carbocycles. The highest BCUT2D eigenvalue weighted by atomic mass is 32.2. The van der Waals surface area contributed by atoms with Crippen LogP contribution in [-0.2, 0) is 18.7 Å². The minimum atomic E-state index is -2.30. The van der Waals surface area contributed by atoms with Gasteiger partial charge in [-0.25, -0.2) is 14.8 Å². The van der Waals surface area contributed by atoms with Gasteiger partial charge in [0.05, 0.1) is 29.1 Å². The zero-order valence-electron chi connectivity index (χ0n) is 25.6. The van der Waals surface area contributed by atoms with Gasteiger partial charge in [-0.3, -0.25) is 4.79 Å². The molecule has 1 N–H and O–H groups in total. The number of amides is 1. The first-order valence-corrected chi connectivity index (χ1v) is 19.0. The number of nitrogens with zero attached hydrogens (tertiary/aromatic N) is 2. The van der Waals surface area contributed by atoms with Crippen molar-refractivity contribution in [1.82, 2.24) is 15.3 Å². The fourth-order valence-electron chi connectivity index (χ4n) is 4.40. The first-order valence-electron chi connectivity index (χ1n) is 13.9.